The third-order valence-electron chi connectivity index (χ3n) is 4.85. The summed E-state index contributed by atoms with van der Waals surface area (Å²) in [5.41, 5.74) is 2.22. The van der Waals surface area contributed by atoms with E-state index in [0.29, 0.717) is 17.7 Å². The molecule has 0 aliphatic rings. The number of halogens is 2. The number of hydrogen-bond acceptors (Lipinski definition) is 5. The maximum absolute atomic E-state index is 12.7. The van der Waals surface area contributed by atoms with Gasteiger partial charge >= 0.3 is 6.61 Å². The van der Waals surface area contributed by atoms with E-state index in [9.17, 15) is 22.0 Å². The molecule has 0 aliphatic carbocycles. The number of alkyl halides is 2. The van der Waals surface area contributed by atoms with Crippen molar-refractivity contribution in [1.29, 1.82) is 0 Å². The Bertz CT molecular complexity index is 1250. The zero-order chi connectivity index (χ0) is 24.7. The number of anilines is 1. The molecule has 0 bridgehead atoms. The SMILES string of the molecule is COc1ccc(CCNC(=O)c2cccc(S(=O)(=O)Nc3ccc(C)cc3)c2)cc1OC(F)F. The van der Waals surface area contributed by atoms with Crippen LogP contribution in [0.2, 0.25) is 0 Å². The molecule has 2 N–H and O–H groups in total. The van der Waals surface area contributed by atoms with Crippen molar-refractivity contribution in [3.05, 3.63) is 83.4 Å². The van der Waals surface area contributed by atoms with Gasteiger partial charge in [-0.3, -0.25) is 9.52 Å². The number of sulfonamides is 1. The first kappa shape index (κ1) is 25.0. The minimum atomic E-state index is -3.88. The number of carbonyl (C=O) groups excluding carboxylic acids is 1. The van der Waals surface area contributed by atoms with Crippen LogP contribution in [0.5, 0.6) is 11.5 Å². The van der Waals surface area contributed by atoms with Crippen LogP contribution in [0.4, 0.5) is 14.5 Å². The molecule has 3 aromatic carbocycles. The maximum Gasteiger partial charge on any atom is 0.387 e. The van der Waals surface area contributed by atoms with Crippen LogP contribution < -0.4 is 19.5 Å². The zero-order valence-electron chi connectivity index (χ0n) is 18.5. The molecule has 0 aromatic heterocycles. The van der Waals surface area contributed by atoms with Gasteiger partial charge in [-0.25, -0.2) is 8.42 Å². The normalized spacial score (nSPS) is 11.2. The van der Waals surface area contributed by atoms with E-state index in [1.807, 2.05) is 6.92 Å². The maximum atomic E-state index is 12.7. The Morgan fingerprint density at radius 2 is 1.74 bits per heavy atom. The molecule has 3 rings (SSSR count). The molecule has 34 heavy (non-hydrogen) atoms. The molecule has 10 heteroatoms. The average molecular weight is 491 g/mol. The lowest BCUT2D eigenvalue weighted by atomic mass is 10.1. The highest BCUT2D eigenvalue weighted by Crippen LogP contribution is 2.29. The van der Waals surface area contributed by atoms with Gasteiger partial charge in [0.15, 0.2) is 11.5 Å². The third kappa shape index (κ3) is 6.67. The Kier molecular flexibility index (Phi) is 8.06. The summed E-state index contributed by atoms with van der Waals surface area (Å²) < 4.78 is 62.5. The van der Waals surface area contributed by atoms with E-state index in [-0.39, 0.29) is 28.5 Å². The van der Waals surface area contributed by atoms with Crippen molar-refractivity contribution >= 4 is 21.6 Å². The van der Waals surface area contributed by atoms with E-state index in [0.717, 1.165) is 5.56 Å². The van der Waals surface area contributed by atoms with E-state index >= 15 is 0 Å². The van der Waals surface area contributed by atoms with Gasteiger partial charge in [-0.05, 0) is 61.4 Å². The summed E-state index contributed by atoms with van der Waals surface area (Å²) in [4.78, 5) is 12.5. The smallest absolute Gasteiger partial charge is 0.387 e. The summed E-state index contributed by atoms with van der Waals surface area (Å²) >= 11 is 0. The van der Waals surface area contributed by atoms with Crippen molar-refractivity contribution in [2.45, 2.75) is 24.9 Å². The van der Waals surface area contributed by atoms with Crippen molar-refractivity contribution < 1.29 is 31.5 Å². The van der Waals surface area contributed by atoms with Gasteiger partial charge in [0.2, 0.25) is 0 Å². The first-order chi connectivity index (χ1) is 16.2. The fraction of sp³-hybridized carbons (Fsp3) is 0.208. The van der Waals surface area contributed by atoms with Crippen molar-refractivity contribution in [2.75, 3.05) is 18.4 Å². The Hall–Kier alpha value is -3.66. The highest BCUT2D eigenvalue weighted by atomic mass is 32.2. The van der Waals surface area contributed by atoms with E-state index < -0.39 is 22.5 Å². The lowest BCUT2D eigenvalue weighted by Crippen LogP contribution is -2.26. The number of benzene rings is 3. The lowest BCUT2D eigenvalue weighted by Gasteiger charge is -2.12. The van der Waals surface area contributed by atoms with Gasteiger partial charge in [0.1, 0.15) is 0 Å². The third-order valence-corrected chi connectivity index (χ3v) is 6.23. The molecule has 3 aromatic rings. The second-order valence-corrected chi connectivity index (χ2v) is 9.05. The summed E-state index contributed by atoms with van der Waals surface area (Å²) in [5.74, 6) is -0.393. The molecule has 0 heterocycles. The first-order valence-electron chi connectivity index (χ1n) is 10.3. The summed E-state index contributed by atoms with van der Waals surface area (Å²) in [5, 5.41) is 2.70. The number of amides is 1. The molecule has 1 amide bonds. The Morgan fingerprint density at radius 3 is 2.41 bits per heavy atom. The second kappa shape index (κ2) is 11.0. The summed E-state index contributed by atoms with van der Waals surface area (Å²) in [6.07, 6.45) is 0.336. The van der Waals surface area contributed by atoms with Gasteiger partial charge in [0.05, 0.1) is 12.0 Å². The molecule has 0 saturated heterocycles. The quantitative estimate of drug-likeness (QED) is 0.440. The molecule has 0 radical (unpaired) electrons. The molecular formula is C24H24F2N2O5S. The molecule has 0 saturated carbocycles. The minimum Gasteiger partial charge on any atom is -0.493 e. The van der Waals surface area contributed by atoms with Crippen LogP contribution in [0.25, 0.3) is 0 Å². The van der Waals surface area contributed by atoms with Crippen molar-refractivity contribution in [3.8, 4) is 11.5 Å². The van der Waals surface area contributed by atoms with Crippen LogP contribution in [-0.4, -0.2) is 34.6 Å². The Balaban J connectivity index is 1.64. The molecule has 180 valence electrons. The second-order valence-electron chi connectivity index (χ2n) is 7.37. The number of methoxy groups -OCH3 is 1. The molecular weight excluding hydrogens is 466 g/mol. The molecule has 0 spiro atoms. The number of nitrogens with one attached hydrogen (secondary N) is 2. The topological polar surface area (TPSA) is 93.7 Å². The van der Waals surface area contributed by atoms with Gasteiger partial charge < -0.3 is 14.8 Å². The fourth-order valence-corrected chi connectivity index (χ4v) is 4.23. The van der Waals surface area contributed by atoms with Crippen LogP contribution in [0.1, 0.15) is 21.5 Å². The number of aryl methyl sites for hydroxylation is 1. The largest absolute Gasteiger partial charge is 0.493 e. The van der Waals surface area contributed by atoms with Gasteiger partial charge in [0, 0.05) is 17.8 Å². The van der Waals surface area contributed by atoms with Crippen LogP contribution in [0.15, 0.2) is 71.6 Å². The van der Waals surface area contributed by atoms with E-state index in [2.05, 4.69) is 14.8 Å². The van der Waals surface area contributed by atoms with E-state index in [1.165, 1.54) is 43.5 Å². The molecule has 7 nitrogen and oxygen atoms in total. The monoisotopic (exact) mass is 490 g/mol. The summed E-state index contributed by atoms with van der Waals surface area (Å²) in [6, 6.07) is 17.1. The average Bonchev–Trinajstić information content (AvgIpc) is 2.80. The predicted molar refractivity (Wildman–Crippen MR) is 124 cm³/mol. The van der Waals surface area contributed by atoms with Crippen LogP contribution in [0, 0.1) is 6.92 Å². The lowest BCUT2D eigenvalue weighted by molar-refractivity contribution is -0.0512. The van der Waals surface area contributed by atoms with Crippen molar-refractivity contribution in [1.82, 2.24) is 5.32 Å². The standard InChI is InChI=1S/C24H24F2N2O5S/c1-16-6-9-19(10-7-16)28-34(30,31)20-5-3-4-18(15-20)23(29)27-13-12-17-8-11-21(32-2)22(14-17)33-24(25)26/h3-11,14-15,24,28H,12-13H2,1-2H3,(H,27,29). The van der Waals surface area contributed by atoms with Gasteiger partial charge in [0.25, 0.3) is 15.9 Å². The number of ether oxygens (including phenoxy) is 2. The number of hydrogen-bond donors (Lipinski definition) is 2. The highest BCUT2D eigenvalue weighted by Gasteiger charge is 2.17. The molecule has 0 atom stereocenters. The number of rotatable bonds is 10. The molecule has 0 fully saturated rings. The highest BCUT2D eigenvalue weighted by molar-refractivity contribution is 7.92. The summed E-state index contributed by atoms with van der Waals surface area (Å²) in [7, 11) is -2.54. The van der Waals surface area contributed by atoms with Gasteiger partial charge in [-0.1, -0.05) is 29.8 Å². The Labute approximate surface area is 196 Å². The summed E-state index contributed by atoms with van der Waals surface area (Å²) in [6.45, 7) is -0.906. The van der Waals surface area contributed by atoms with Gasteiger partial charge in [-0.2, -0.15) is 8.78 Å². The van der Waals surface area contributed by atoms with Gasteiger partial charge in [-0.15, -0.1) is 0 Å². The number of carbonyl (C=O) groups is 1. The Morgan fingerprint density at radius 1 is 1.00 bits per heavy atom. The van der Waals surface area contributed by atoms with Crippen molar-refractivity contribution in [2.24, 2.45) is 0 Å². The molecule has 0 unspecified atom stereocenters. The van der Waals surface area contributed by atoms with Crippen LogP contribution in [-0.2, 0) is 16.4 Å². The fourth-order valence-electron chi connectivity index (χ4n) is 3.13. The zero-order valence-corrected chi connectivity index (χ0v) is 19.4. The van der Waals surface area contributed by atoms with Crippen LogP contribution >= 0.6 is 0 Å². The molecule has 0 aliphatic heterocycles. The predicted octanol–water partition coefficient (Wildman–Crippen LogP) is 4.38. The van der Waals surface area contributed by atoms with E-state index in [4.69, 9.17) is 4.74 Å². The van der Waals surface area contributed by atoms with Crippen molar-refractivity contribution in [3.63, 3.8) is 0 Å². The van der Waals surface area contributed by atoms with E-state index in [1.54, 1.807) is 30.3 Å². The van der Waals surface area contributed by atoms with Crippen LogP contribution in [0.3, 0.4) is 0 Å². The minimum absolute atomic E-state index is 0.0512. The first-order valence-corrected chi connectivity index (χ1v) is 11.8.